The van der Waals surface area contributed by atoms with E-state index in [1.54, 1.807) is 12.1 Å². The van der Waals surface area contributed by atoms with Crippen LogP contribution in [0.3, 0.4) is 0 Å². The Bertz CT molecular complexity index is 244. The molecule has 52 valence electrons. The molecular weight excluding hydrogens is 197 g/mol. The summed E-state index contributed by atoms with van der Waals surface area (Å²) in [6.07, 6.45) is 0. The molecule has 0 heterocycles. The molecule has 0 spiro atoms. The molecule has 4 heteroatoms. The summed E-state index contributed by atoms with van der Waals surface area (Å²) >= 11 is 2.75. The van der Waals surface area contributed by atoms with Crippen molar-refractivity contribution in [1.29, 1.82) is 0 Å². The van der Waals surface area contributed by atoms with Gasteiger partial charge in [-0.2, -0.15) is 0 Å². The Balaban J connectivity index is 3.00. The zero-order chi connectivity index (χ0) is 7.56. The Morgan fingerprint density at radius 2 is 1.80 bits per heavy atom. The third kappa shape index (κ3) is 1.56. The number of nitro benzene ring substituents is 1. The van der Waals surface area contributed by atoms with Gasteiger partial charge in [0.2, 0.25) is 0 Å². The van der Waals surface area contributed by atoms with Crippen LogP contribution in [0.4, 0.5) is 5.69 Å². The Labute approximate surface area is 66.0 Å². The van der Waals surface area contributed by atoms with Gasteiger partial charge in [0.25, 0.3) is 0 Å². The van der Waals surface area contributed by atoms with Crippen molar-refractivity contribution in [2.45, 2.75) is 0 Å². The van der Waals surface area contributed by atoms with Crippen molar-refractivity contribution in [2.75, 3.05) is 0 Å². The van der Waals surface area contributed by atoms with Gasteiger partial charge in [-0.1, -0.05) is 0 Å². The minimum absolute atomic E-state index is 0.124. The van der Waals surface area contributed by atoms with E-state index in [4.69, 9.17) is 0 Å². The number of nitrogens with zero attached hydrogens (tertiary/aromatic N) is 1. The van der Waals surface area contributed by atoms with Crippen LogP contribution in [0.1, 0.15) is 0 Å². The average molecular weight is 201 g/mol. The molecule has 1 aromatic rings. The summed E-state index contributed by atoms with van der Waals surface area (Å²) < 4.78 is 0.908. The normalized spacial score (nSPS) is 9.20. The molecule has 0 saturated carbocycles. The van der Waals surface area contributed by atoms with Crippen LogP contribution >= 0.6 is 0 Å². The van der Waals surface area contributed by atoms with Gasteiger partial charge in [-0.3, -0.25) is 0 Å². The van der Waals surface area contributed by atoms with E-state index in [1.807, 2.05) is 0 Å². The second-order valence-corrected chi connectivity index (χ2v) is 2.74. The van der Waals surface area contributed by atoms with Crippen LogP contribution in [-0.4, -0.2) is 20.9 Å². The van der Waals surface area contributed by atoms with E-state index in [2.05, 4.69) is 16.0 Å². The summed E-state index contributed by atoms with van der Waals surface area (Å²) in [5.74, 6) is 0. The first-order chi connectivity index (χ1) is 4.70. The van der Waals surface area contributed by atoms with E-state index >= 15 is 0 Å². The SMILES string of the molecule is O=[N+]([O-])c1ccc([Se-])cc1. The molecule has 0 radical (unpaired) electrons. The molecule has 1 aromatic carbocycles. The molecule has 0 amide bonds. The van der Waals surface area contributed by atoms with E-state index in [0.717, 1.165) is 4.46 Å². The van der Waals surface area contributed by atoms with Crippen molar-refractivity contribution < 1.29 is 4.92 Å². The molecule has 0 aromatic heterocycles. The molecule has 3 nitrogen and oxygen atoms in total. The van der Waals surface area contributed by atoms with E-state index in [-0.39, 0.29) is 5.69 Å². The molecule has 0 atom stereocenters. The summed E-state index contributed by atoms with van der Waals surface area (Å²) in [5.41, 5.74) is 0.124. The van der Waals surface area contributed by atoms with Crippen molar-refractivity contribution in [2.24, 2.45) is 0 Å². The Morgan fingerprint density at radius 1 is 1.30 bits per heavy atom. The second kappa shape index (κ2) is 2.82. The molecule has 0 aliphatic carbocycles. The number of non-ortho nitro benzene ring substituents is 1. The summed E-state index contributed by atoms with van der Waals surface area (Å²) in [6.45, 7) is 0. The van der Waals surface area contributed by atoms with Gasteiger partial charge in [0.15, 0.2) is 0 Å². The maximum absolute atomic E-state index is 10.1. The summed E-state index contributed by atoms with van der Waals surface area (Å²) in [5, 5.41) is 10.1. The molecule has 0 aliphatic rings. The summed E-state index contributed by atoms with van der Waals surface area (Å²) in [6, 6.07) is 6.26. The van der Waals surface area contributed by atoms with Crippen molar-refractivity contribution in [3.63, 3.8) is 0 Å². The average Bonchev–Trinajstić information content (AvgIpc) is 1.88. The summed E-state index contributed by atoms with van der Waals surface area (Å²) in [7, 11) is 0. The molecular formula is C6H4NO2Se-. The predicted molar refractivity (Wildman–Crippen MR) is 38.5 cm³/mol. The van der Waals surface area contributed by atoms with Gasteiger partial charge in [-0.25, -0.2) is 0 Å². The number of benzene rings is 1. The number of hydrogen-bond acceptors (Lipinski definition) is 2. The fourth-order valence-corrected chi connectivity index (χ4v) is 0.853. The Kier molecular flexibility index (Phi) is 2.04. The van der Waals surface area contributed by atoms with Crippen LogP contribution in [-0.2, 0) is 0 Å². The maximum atomic E-state index is 10.1. The Morgan fingerprint density at radius 3 is 2.20 bits per heavy atom. The van der Waals surface area contributed by atoms with Crippen LogP contribution in [0.15, 0.2) is 24.3 Å². The first-order valence-electron chi connectivity index (χ1n) is 2.61. The first-order valence-corrected chi connectivity index (χ1v) is 3.47. The fourth-order valence-electron chi connectivity index (χ4n) is 0.568. The molecule has 0 unspecified atom stereocenters. The predicted octanol–water partition coefficient (Wildman–Crippen LogP) is 0.389. The van der Waals surface area contributed by atoms with Gasteiger partial charge in [0.05, 0.1) is 0 Å². The van der Waals surface area contributed by atoms with Gasteiger partial charge in [-0.05, 0) is 0 Å². The fraction of sp³-hybridized carbons (Fsp3) is 0. The number of rotatable bonds is 1. The standard InChI is InChI=1S/C6H5NO2Se/c8-7(9)5-1-3-6(10)4-2-5/h1-4,10H/p-1. The molecule has 0 aliphatic heterocycles. The summed E-state index contributed by atoms with van der Waals surface area (Å²) in [4.78, 5) is 9.69. The van der Waals surface area contributed by atoms with E-state index in [0.29, 0.717) is 0 Å². The molecule has 0 saturated heterocycles. The van der Waals surface area contributed by atoms with Crippen LogP contribution in [0.25, 0.3) is 0 Å². The van der Waals surface area contributed by atoms with Crippen LogP contribution in [0, 0.1) is 10.1 Å². The van der Waals surface area contributed by atoms with Crippen LogP contribution < -0.4 is 4.46 Å². The Hall–Kier alpha value is -0.861. The zero-order valence-corrected chi connectivity index (χ0v) is 6.69. The van der Waals surface area contributed by atoms with Gasteiger partial charge in [0.1, 0.15) is 0 Å². The van der Waals surface area contributed by atoms with Gasteiger partial charge in [-0.15, -0.1) is 0 Å². The van der Waals surface area contributed by atoms with E-state index in [9.17, 15) is 10.1 Å². The van der Waals surface area contributed by atoms with E-state index < -0.39 is 4.92 Å². The zero-order valence-electron chi connectivity index (χ0n) is 4.98. The van der Waals surface area contributed by atoms with Crippen molar-refractivity contribution in [1.82, 2.24) is 0 Å². The van der Waals surface area contributed by atoms with Gasteiger partial charge in [0, 0.05) is 0 Å². The monoisotopic (exact) mass is 202 g/mol. The molecule has 0 fully saturated rings. The van der Waals surface area contributed by atoms with Crippen LogP contribution in [0.2, 0.25) is 0 Å². The molecule has 10 heavy (non-hydrogen) atoms. The first kappa shape index (κ1) is 7.25. The second-order valence-electron chi connectivity index (χ2n) is 1.75. The molecule has 0 N–H and O–H groups in total. The number of nitro groups is 1. The van der Waals surface area contributed by atoms with Gasteiger partial charge < -0.3 is 0 Å². The van der Waals surface area contributed by atoms with Crippen LogP contribution in [0.5, 0.6) is 0 Å². The topological polar surface area (TPSA) is 43.1 Å². The van der Waals surface area contributed by atoms with Crippen molar-refractivity contribution in [3.05, 3.63) is 34.4 Å². The van der Waals surface area contributed by atoms with Crippen molar-refractivity contribution >= 4 is 26.2 Å². The minimum atomic E-state index is -0.417. The third-order valence-electron chi connectivity index (χ3n) is 1.05. The van der Waals surface area contributed by atoms with E-state index in [1.165, 1.54) is 12.1 Å². The quantitative estimate of drug-likeness (QED) is 0.374. The number of hydrogen-bond donors (Lipinski definition) is 0. The van der Waals surface area contributed by atoms with Crippen molar-refractivity contribution in [3.8, 4) is 0 Å². The third-order valence-corrected chi connectivity index (χ3v) is 1.62. The van der Waals surface area contributed by atoms with Gasteiger partial charge >= 0.3 is 65.5 Å². The molecule has 0 bridgehead atoms. The molecule has 1 rings (SSSR count).